The molecule has 0 aliphatic carbocycles. The van der Waals surface area contributed by atoms with Gasteiger partial charge in [-0.25, -0.2) is 4.99 Å². The second-order valence-electron chi connectivity index (χ2n) is 3.30. The number of hydrogen-bond acceptors (Lipinski definition) is 5. The van der Waals surface area contributed by atoms with E-state index in [1.807, 2.05) is 12.1 Å². The van der Waals surface area contributed by atoms with E-state index in [4.69, 9.17) is 10.5 Å². The first-order valence-electron chi connectivity index (χ1n) is 4.44. The summed E-state index contributed by atoms with van der Waals surface area (Å²) in [5.74, 6) is 0.0137. The quantitative estimate of drug-likeness (QED) is 0.712. The van der Waals surface area contributed by atoms with Crippen LogP contribution < -0.4 is 5.32 Å². The minimum Gasteiger partial charge on any atom is -0.366 e. The summed E-state index contributed by atoms with van der Waals surface area (Å²) in [4.78, 5) is 14.9. The van der Waals surface area contributed by atoms with Crippen molar-refractivity contribution >= 4 is 11.5 Å². The molecule has 1 unspecified atom stereocenters. The molecule has 0 aromatic carbocycles. The van der Waals surface area contributed by atoms with Crippen LogP contribution in [0, 0.1) is 22.7 Å². The van der Waals surface area contributed by atoms with E-state index in [0.29, 0.717) is 5.71 Å². The molecule has 1 aliphatic heterocycles. The Hall–Kier alpha value is -2.14. The molecule has 0 spiro atoms. The number of carbonyl (C=O) groups is 1. The second kappa shape index (κ2) is 4.39. The van der Waals surface area contributed by atoms with Gasteiger partial charge in [0.25, 0.3) is 0 Å². The summed E-state index contributed by atoms with van der Waals surface area (Å²) in [5, 5.41) is 20.3. The van der Waals surface area contributed by atoms with Gasteiger partial charge in [-0.05, 0) is 13.8 Å². The van der Waals surface area contributed by atoms with Crippen molar-refractivity contribution in [3.8, 4) is 12.1 Å². The van der Waals surface area contributed by atoms with Crippen molar-refractivity contribution in [1.29, 1.82) is 10.5 Å². The smallest absolute Gasteiger partial charge is 0.174 e. The average molecular weight is 202 g/mol. The van der Waals surface area contributed by atoms with Gasteiger partial charge < -0.3 is 5.32 Å². The Morgan fingerprint density at radius 3 is 2.67 bits per heavy atom. The molecular formula is C10H10N4O. The van der Waals surface area contributed by atoms with E-state index in [-0.39, 0.29) is 29.6 Å². The molecule has 0 radical (unpaired) electrons. The summed E-state index contributed by atoms with van der Waals surface area (Å²) >= 11 is 0. The van der Waals surface area contributed by atoms with Crippen LogP contribution in [0.2, 0.25) is 0 Å². The Kier molecular flexibility index (Phi) is 3.20. The van der Waals surface area contributed by atoms with Crippen molar-refractivity contribution in [3.05, 3.63) is 11.4 Å². The van der Waals surface area contributed by atoms with Gasteiger partial charge >= 0.3 is 0 Å². The van der Waals surface area contributed by atoms with Crippen LogP contribution in [-0.2, 0) is 4.79 Å². The van der Waals surface area contributed by atoms with Gasteiger partial charge in [0, 0.05) is 12.1 Å². The number of allylic oxidation sites excluding steroid dienone is 2. The monoisotopic (exact) mass is 202 g/mol. The fourth-order valence-corrected chi connectivity index (χ4v) is 1.31. The number of nitriles is 2. The third kappa shape index (κ3) is 2.41. The molecule has 5 nitrogen and oxygen atoms in total. The highest BCUT2D eigenvalue weighted by Gasteiger charge is 2.22. The zero-order valence-electron chi connectivity index (χ0n) is 8.53. The molecule has 0 saturated heterocycles. The van der Waals surface area contributed by atoms with Crippen LogP contribution in [0.25, 0.3) is 0 Å². The molecule has 1 heterocycles. The summed E-state index contributed by atoms with van der Waals surface area (Å²) < 4.78 is 0. The normalized spacial score (nSPS) is 19.7. The molecule has 0 bridgehead atoms. The Balaban J connectivity index is 2.96. The van der Waals surface area contributed by atoms with E-state index in [1.54, 1.807) is 6.92 Å². The molecule has 1 N–H and O–H groups in total. The van der Waals surface area contributed by atoms with Gasteiger partial charge in [-0.1, -0.05) is 0 Å². The molecular weight excluding hydrogens is 192 g/mol. The maximum Gasteiger partial charge on any atom is 0.174 e. The Labute approximate surface area is 87.7 Å². The molecule has 76 valence electrons. The van der Waals surface area contributed by atoms with Gasteiger partial charge in [0.2, 0.25) is 0 Å². The van der Waals surface area contributed by atoms with Crippen LogP contribution in [0.3, 0.4) is 0 Å². The first kappa shape index (κ1) is 10.9. The topological polar surface area (TPSA) is 89.0 Å². The molecule has 1 aliphatic rings. The third-order valence-corrected chi connectivity index (χ3v) is 2.06. The van der Waals surface area contributed by atoms with Gasteiger partial charge in [0.15, 0.2) is 11.4 Å². The number of nitrogens with one attached hydrogen (secondary N) is 1. The Bertz CT molecular complexity index is 433. The van der Waals surface area contributed by atoms with Crippen molar-refractivity contribution in [1.82, 2.24) is 5.32 Å². The molecule has 0 saturated carbocycles. The average Bonchev–Trinajstić information content (AvgIpc) is 2.19. The lowest BCUT2D eigenvalue weighted by Gasteiger charge is -2.21. The highest BCUT2D eigenvalue weighted by molar-refractivity contribution is 5.94. The first-order valence-corrected chi connectivity index (χ1v) is 4.44. The fraction of sp³-hybridized carbons (Fsp3) is 0.400. The molecule has 15 heavy (non-hydrogen) atoms. The zero-order chi connectivity index (χ0) is 11.4. The van der Waals surface area contributed by atoms with E-state index in [9.17, 15) is 4.79 Å². The van der Waals surface area contributed by atoms with Crippen LogP contribution in [0.4, 0.5) is 0 Å². The maximum atomic E-state index is 10.9. The largest absolute Gasteiger partial charge is 0.366 e. The summed E-state index contributed by atoms with van der Waals surface area (Å²) in [5.41, 5.74) is 0.866. The Morgan fingerprint density at radius 1 is 1.53 bits per heavy atom. The first-order chi connectivity index (χ1) is 7.08. The van der Waals surface area contributed by atoms with Crippen LogP contribution >= 0.6 is 0 Å². The van der Waals surface area contributed by atoms with E-state index >= 15 is 0 Å². The molecule has 0 amide bonds. The lowest BCUT2D eigenvalue weighted by atomic mass is 10.0. The number of Topliss-reactive ketones (excluding diaryl/α,β-unsaturated/α-hetero) is 1. The lowest BCUT2D eigenvalue weighted by Crippen LogP contribution is -2.39. The molecule has 1 rings (SSSR count). The standard InChI is InChI=1S/C10H10N4O/c1-6(15)3-8-7(2)13-9(4-11)10(5-12)14-8/h8,14H,3H2,1-2H3. The highest BCUT2D eigenvalue weighted by atomic mass is 16.1. The Morgan fingerprint density at radius 2 is 2.20 bits per heavy atom. The lowest BCUT2D eigenvalue weighted by molar-refractivity contribution is -0.117. The minimum atomic E-state index is -0.269. The minimum absolute atomic E-state index is 0.0137. The van der Waals surface area contributed by atoms with Crippen LogP contribution in [0.15, 0.2) is 16.4 Å². The van der Waals surface area contributed by atoms with E-state index < -0.39 is 0 Å². The van der Waals surface area contributed by atoms with Gasteiger partial charge in [-0.15, -0.1) is 0 Å². The molecule has 1 atom stereocenters. The summed E-state index contributed by atoms with van der Waals surface area (Å²) in [6, 6.07) is 3.42. The summed E-state index contributed by atoms with van der Waals surface area (Å²) in [7, 11) is 0. The molecule has 0 fully saturated rings. The number of aliphatic imine (C=N–C) groups is 1. The van der Waals surface area contributed by atoms with Crippen molar-refractivity contribution in [2.45, 2.75) is 26.3 Å². The SMILES string of the molecule is CC(=O)CC1NC(C#N)=C(C#N)N=C1C. The van der Waals surface area contributed by atoms with Crippen molar-refractivity contribution in [3.63, 3.8) is 0 Å². The number of hydrogen-bond donors (Lipinski definition) is 1. The van der Waals surface area contributed by atoms with Gasteiger partial charge in [-0.2, -0.15) is 10.5 Å². The highest BCUT2D eigenvalue weighted by Crippen LogP contribution is 2.13. The number of carbonyl (C=O) groups excluding carboxylic acids is 1. The van der Waals surface area contributed by atoms with Crippen molar-refractivity contribution in [2.24, 2.45) is 4.99 Å². The molecule has 0 aromatic heterocycles. The number of nitrogens with zero attached hydrogens (tertiary/aromatic N) is 3. The number of rotatable bonds is 2. The van der Waals surface area contributed by atoms with Crippen LogP contribution in [0.5, 0.6) is 0 Å². The van der Waals surface area contributed by atoms with Crippen molar-refractivity contribution < 1.29 is 4.79 Å². The molecule has 5 heteroatoms. The van der Waals surface area contributed by atoms with Crippen LogP contribution in [0.1, 0.15) is 20.3 Å². The zero-order valence-corrected chi connectivity index (χ0v) is 8.53. The fourth-order valence-electron chi connectivity index (χ4n) is 1.31. The number of ketones is 1. The van der Waals surface area contributed by atoms with Gasteiger partial charge in [-0.3, -0.25) is 4.79 Å². The summed E-state index contributed by atoms with van der Waals surface area (Å²) in [6.07, 6.45) is 0.277. The molecule has 0 aromatic rings. The second-order valence-corrected chi connectivity index (χ2v) is 3.30. The van der Waals surface area contributed by atoms with Gasteiger partial charge in [0.1, 0.15) is 17.9 Å². The maximum absolute atomic E-state index is 10.9. The predicted octanol–water partition coefficient (Wildman–Crippen LogP) is 0.657. The van der Waals surface area contributed by atoms with E-state index in [1.165, 1.54) is 6.92 Å². The summed E-state index contributed by atoms with van der Waals surface area (Å²) in [6.45, 7) is 3.20. The van der Waals surface area contributed by atoms with Crippen LogP contribution in [-0.4, -0.2) is 17.5 Å². The van der Waals surface area contributed by atoms with Gasteiger partial charge in [0.05, 0.1) is 6.04 Å². The van der Waals surface area contributed by atoms with Crippen molar-refractivity contribution in [2.75, 3.05) is 0 Å². The van der Waals surface area contributed by atoms with E-state index in [2.05, 4.69) is 10.3 Å². The van der Waals surface area contributed by atoms with E-state index in [0.717, 1.165) is 0 Å². The predicted molar refractivity (Wildman–Crippen MR) is 53.6 cm³/mol. The third-order valence-electron chi connectivity index (χ3n) is 2.06.